The Kier molecular flexibility index (Phi) is 5.54. The molecule has 0 saturated carbocycles. The molecular weight excluding hydrogens is 361 g/mol. The third kappa shape index (κ3) is 3.80. The highest BCUT2D eigenvalue weighted by atomic mass is 35.5. The van der Waals surface area contributed by atoms with Gasteiger partial charge in [-0.05, 0) is 36.3 Å². The Hall–Kier alpha value is -1.42. The van der Waals surface area contributed by atoms with Crippen molar-refractivity contribution in [2.24, 2.45) is 0 Å². The monoisotopic (exact) mass is 377 g/mol. The van der Waals surface area contributed by atoms with Gasteiger partial charge < -0.3 is 4.90 Å². The molecule has 0 aromatic heterocycles. The fraction of sp³-hybridized carbons (Fsp3) is 0.211. The van der Waals surface area contributed by atoms with Gasteiger partial charge in [0.2, 0.25) is 5.91 Å². The summed E-state index contributed by atoms with van der Waals surface area (Å²) in [6.07, 6.45) is 3.52. The average Bonchev–Trinajstić information content (AvgIpc) is 3.03. The van der Waals surface area contributed by atoms with Gasteiger partial charge in [0, 0.05) is 34.0 Å². The molecule has 2 aromatic carbocycles. The third-order valence-electron chi connectivity index (χ3n) is 4.00. The maximum absolute atomic E-state index is 12.6. The van der Waals surface area contributed by atoms with Gasteiger partial charge in [-0.1, -0.05) is 53.5 Å². The number of carbonyl (C=O) groups excluding carboxylic acids is 1. The summed E-state index contributed by atoms with van der Waals surface area (Å²) in [4.78, 5) is 14.5. The van der Waals surface area contributed by atoms with E-state index in [0.29, 0.717) is 16.6 Å². The van der Waals surface area contributed by atoms with Gasteiger partial charge in [-0.2, -0.15) is 0 Å². The lowest BCUT2D eigenvalue weighted by atomic mass is 10.1. The largest absolute Gasteiger partial charge is 0.322 e. The summed E-state index contributed by atoms with van der Waals surface area (Å²) >= 11 is 14.0. The number of carbonyl (C=O) groups is 1. The number of rotatable bonds is 3. The van der Waals surface area contributed by atoms with Crippen molar-refractivity contribution in [3.05, 3.63) is 75.3 Å². The van der Waals surface area contributed by atoms with Gasteiger partial charge >= 0.3 is 0 Å². The highest BCUT2D eigenvalue weighted by Gasteiger charge is 2.30. The molecule has 0 spiro atoms. The van der Waals surface area contributed by atoms with E-state index >= 15 is 0 Å². The van der Waals surface area contributed by atoms with Crippen LogP contribution in [0.25, 0.3) is 6.08 Å². The van der Waals surface area contributed by atoms with Crippen LogP contribution in [0, 0.1) is 6.92 Å². The summed E-state index contributed by atoms with van der Waals surface area (Å²) in [6.45, 7) is 2.75. The summed E-state index contributed by atoms with van der Waals surface area (Å²) in [6, 6.07) is 13.4. The smallest absolute Gasteiger partial charge is 0.247 e. The molecule has 1 saturated heterocycles. The fourth-order valence-corrected chi connectivity index (χ4v) is 4.56. The zero-order valence-electron chi connectivity index (χ0n) is 13.2. The molecule has 1 heterocycles. The number of hydrogen-bond donors (Lipinski definition) is 0. The minimum Gasteiger partial charge on any atom is -0.322 e. The van der Waals surface area contributed by atoms with Crippen LogP contribution in [0.3, 0.4) is 0 Å². The third-order valence-corrected chi connectivity index (χ3v) is 5.80. The average molecular weight is 378 g/mol. The summed E-state index contributed by atoms with van der Waals surface area (Å²) in [7, 11) is 0. The lowest BCUT2D eigenvalue weighted by molar-refractivity contribution is -0.126. The van der Waals surface area contributed by atoms with Crippen LogP contribution in [0.5, 0.6) is 0 Å². The molecule has 2 nitrogen and oxygen atoms in total. The molecule has 0 bridgehead atoms. The van der Waals surface area contributed by atoms with Gasteiger partial charge in [-0.25, -0.2) is 0 Å². The predicted molar refractivity (Wildman–Crippen MR) is 104 cm³/mol. The second-order valence-electron chi connectivity index (χ2n) is 5.61. The van der Waals surface area contributed by atoms with Crippen LogP contribution in [-0.2, 0) is 4.79 Å². The lowest BCUT2D eigenvalue weighted by Crippen LogP contribution is -2.28. The van der Waals surface area contributed by atoms with Crippen LogP contribution in [0.1, 0.15) is 22.1 Å². The molecule has 124 valence electrons. The molecule has 0 radical (unpaired) electrons. The first kappa shape index (κ1) is 17.4. The Labute approximate surface area is 156 Å². The summed E-state index contributed by atoms with van der Waals surface area (Å²) in [5.41, 5.74) is 3.13. The van der Waals surface area contributed by atoms with E-state index in [1.54, 1.807) is 23.9 Å². The van der Waals surface area contributed by atoms with Crippen LogP contribution in [0.4, 0.5) is 0 Å². The van der Waals surface area contributed by atoms with Crippen molar-refractivity contribution < 1.29 is 4.79 Å². The molecule has 1 aliphatic heterocycles. The van der Waals surface area contributed by atoms with Crippen LogP contribution in [-0.4, -0.2) is 23.1 Å². The van der Waals surface area contributed by atoms with E-state index in [0.717, 1.165) is 22.4 Å². The number of nitrogens with zero attached hydrogens (tertiary/aromatic N) is 1. The zero-order valence-corrected chi connectivity index (χ0v) is 15.5. The Morgan fingerprint density at radius 1 is 1.25 bits per heavy atom. The molecule has 1 aliphatic rings. The molecule has 2 aromatic rings. The number of thioether (sulfide) groups is 1. The first-order valence-electron chi connectivity index (χ1n) is 7.67. The van der Waals surface area contributed by atoms with Crippen molar-refractivity contribution in [1.82, 2.24) is 4.90 Å². The van der Waals surface area contributed by atoms with Crippen LogP contribution >= 0.6 is 35.0 Å². The molecular formula is C19H17Cl2NOS. The minimum atomic E-state index is -0.0659. The molecule has 24 heavy (non-hydrogen) atoms. The van der Waals surface area contributed by atoms with Gasteiger partial charge in [0.15, 0.2) is 0 Å². The van der Waals surface area contributed by atoms with Crippen molar-refractivity contribution in [1.29, 1.82) is 0 Å². The molecule has 0 aliphatic carbocycles. The number of aryl methyl sites for hydroxylation is 1. The van der Waals surface area contributed by atoms with Crippen LogP contribution < -0.4 is 0 Å². The molecule has 1 atom stereocenters. The first-order chi connectivity index (χ1) is 11.6. The minimum absolute atomic E-state index is 0.000676. The number of halogens is 2. The maximum atomic E-state index is 12.6. The summed E-state index contributed by atoms with van der Waals surface area (Å²) in [5.74, 6) is 0.896. The SMILES string of the molecule is Cc1ccccc1/C=C/C(=O)N1CCSC1c1ccc(Cl)cc1Cl. The van der Waals surface area contributed by atoms with E-state index in [4.69, 9.17) is 23.2 Å². The second kappa shape index (κ2) is 7.64. The van der Waals surface area contributed by atoms with Crippen molar-refractivity contribution >= 4 is 46.9 Å². The fourth-order valence-electron chi connectivity index (χ4n) is 2.69. The lowest BCUT2D eigenvalue weighted by Gasteiger charge is -2.23. The van der Waals surface area contributed by atoms with Crippen LogP contribution in [0.2, 0.25) is 10.0 Å². The highest BCUT2D eigenvalue weighted by Crippen LogP contribution is 2.41. The molecule has 0 N–H and O–H groups in total. The second-order valence-corrected chi connectivity index (χ2v) is 7.64. The van der Waals surface area contributed by atoms with Gasteiger partial charge in [0.1, 0.15) is 5.37 Å². The zero-order chi connectivity index (χ0) is 17.1. The normalized spacial score (nSPS) is 17.6. The highest BCUT2D eigenvalue weighted by molar-refractivity contribution is 7.99. The maximum Gasteiger partial charge on any atom is 0.247 e. The molecule has 1 unspecified atom stereocenters. The quantitative estimate of drug-likeness (QED) is 0.649. The topological polar surface area (TPSA) is 20.3 Å². The Bertz CT molecular complexity index is 791. The van der Waals surface area contributed by atoms with E-state index in [2.05, 4.69) is 0 Å². The molecule has 3 rings (SSSR count). The van der Waals surface area contributed by atoms with E-state index in [-0.39, 0.29) is 11.3 Å². The molecule has 1 amide bonds. The van der Waals surface area contributed by atoms with Gasteiger partial charge in [-0.15, -0.1) is 11.8 Å². The van der Waals surface area contributed by atoms with Gasteiger partial charge in [0.05, 0.1) is 0 Å². The van der Waals surface area contributed by atoms with E-state index < -0.39 is 0 Å². The van der Waals surface area contributed by atoms with Crippen molar-refractivity contribution in [3.63, 3.8) is 0 Å². The summed E-state index contributed by atoms with van der Waals surface area (Å²) < 4.78 is 0. The van der Waals surface area contributed by atoms with Crippen molar-refractivity contribution in [2.45, 2.75) is 12.3 Å². The van der Waals surface area contributed by atoms with Crippen molar-refractivity contribution in [3.8, 4) is 0 Å². The first-order valence-corrected chi connectivity index (χ1v) is 9.47. The Morgan fingerprint density at radius 3 is 2.79 bits per heavy atom. The van der Waals surface area contributed by atoms with E-state index in [1.165, 1.54) is 0 Å². The Morgan fingerprint density at radius 2 is 2.04 bits per heavy atom. The summed E-state index contributed by atoms with van der Waals surface area (Å²) in [5, 5.41) is 1.13. The molecule has 1 fully saturated rings. The van der Waals surface area contributed by atoms with E-state index in [9.17, 15) is 4.79 Å². The number of hydrogen-bond acceptors (Lipinski definition) is 2. The standard InChI is InChI=1S/C19H17Cl2NOS/c1-13-4-2-3-5-14(13)6-9-18(23)22-10-11-24-19(22)16-8-7-15(20)12-17(16)21/h2-9,12,19H,10-11H2,1H3/b9-6+. The number of benzene rings is 2. The van der Waals surface area contributed by atoms with Gasteiger partial charge in [-0.3, -0.25) is 4.79 Å². The Balaban J connectivity index is 1.80. The number of amides is 1. The van der Waals surface area contributed by atoms with Crippen molar-refractivity contribution in [2.75, 3.05) is 12.3 Å². The predicted octanol–water partition coefficient (Wildman–Crippen LogP) is 5.59. The van der Waals surface area contributed by atoms with Gasteiger partial charge in [0.25, 0.3) is 0 Å². The van der Waals surface area contributed by atoms with E-state index in [1.807, 2.05) is 54.3 Å². The molecule has 5 heteroatoms. The van der Waals surface area contributed by atoms with Crippen LogP contribution in [0.15, 0.2) is 48.5 Å².